The Morgan fingerprint density at radius 3 is 2.71 bits per heavy atom. The van der Waals surface area contributed by atoms with Gasteiger partial charge < -0.3 is 15.2 Å². The van der Waals surface area contributed by atoms with Crippen LogP contribution in [0, 0.1) is 0 Å². The number of amides is 1. The van der Waals surface area contributed by atoms with Crippen molar-refractivity contribution >= 4 is 17.5 Å². The fraction of sp³-hybridized carbons (Fsp3) is 0.200. The lowest BCUT2D eigenvalue weighted by Gasteiger charge is -2.12. The molecule has 1 unspecified atom stereocenters. The molecule has 0 aliphatic carbocycles. The van der Waals surface area contributed by atoms with Crippen molar-refractivity contribution in [3.63, 3.8) is 0 Å². The normalized spacial score (nSPS) is 11.8. The van der Waals surface area contributed by atoms with Gasteiger partial charge in [0.1, 0.15) is 11.4 Å². The highest BCUT2D eigenvalue weighted by Gasteiger charge is 2.12. The molecule has 0 saturated heterocycles. The largest absolute Gasteiger partial charge is 0.497 e. The lowest BCUT2D eigenvalue weighted by atomic mass is 10.1. The second kappa shape index (κ2) is 7.06. The number of benzene rings is 1. The predicted octanol–water partition coefficient (Wildman–Crippen LogP) is 2.21. The second-order valence-corrected chi connectivity index (χ2v) is 4.79. The Bertz CT molecular complexity index is 617. The molecule has 0 fully saturated rings. The number of halogens is 1. The fourth-order valence-electron chi connectivity index (χ4n) is 1.75. The molecule has 2 rings (SSSR count). The van der Waals surface area contributed by atoms with Crippen LogP contribution in [-0.2, 0) is 0 Å². The van der Waals surface area contributed by atoms with Gasteiger partial charge in [-0.25, -0.2) is 0 Å². The summed E-state index contributed by atoms with van der Waals surface area (Å²) >= 11 is 5.79. The van der Waals surface area contributed by atoms with Gasteiger partial charge in [0.25, 0.3) is 5.91 Å². The van der Waals surface area contributed by atoms with Crippen LogP contribution < -0.4 is 10.1 Å². The van der Waals surface area contributed by atoms with Crippen molar-refractivity contribution in [3.05, 3.63) is 58.9 Å². The summed E-state index contributed by atoms with van der Waals surface area (Å²) in [5.41, 5.74) is 0.902. The smallest absolute Gasteiger partial charge is 0.270 e. The van der Waals surface area contributed by atoms with Crippen molar-refractivity contribution in [2.24, 2.45) is 0 Å². The van der Waals surface area contributed by atoms with Crippen molar-refractivity contribution in [2.75, 3.05) is 13.7 Å². The summed E-state index contributed by atoms with van der Waals surface area (Å²) in [4.78, 5) is 15.8. The molecule has 1 amide bonds. The van der Waals surface area contributed by atoms with Gasteiger partial charge in [0.05, 0.1) is 13.2 Å². The highest BCUT2D eigenvalue weighted by molar-refractivity contribution is 6.30. The zero-order valence-electron chi connectivity index (χ0n) is 11.4. The summed E-state index contributed by atoms with van der Waals surface area (Å²) in [5, 5.41) is 13.1. The number of carbonyl (C=O) groups is 1. The van der Waals surface area contributed by atoms with Crippen molar-refractivity contribution in [3.8, 4) is 5.75 Å². The van der Waals surface area contributed by atoms with Crippen LogP contribution in [0.5, 0.6) is 5.75 Å². The van der Waals surface area contributed by atoms with Gasteiger partial charge in [-0.05, 0) is 29.8 Å². The van der Waals surface area contributed by atoms with E-state index >= 15 is 0 Å². The van der Waals surface area contributed by atoms with Crippen LogP contribution in [0.2, 0.25) is 5.02 Å². The third kappa shape index (κ3) is 4.18. The Labute approximate surface area is 127 Å². The zero-order valence-corrected chi connectivity index (χ0v) is 12.2. The van der Waals surface area contributed by atoms with Gasteiger partial charge in [-0.2, -0.15) is 0 Å². The van der Waals surface area contributed by atoms with Crippen molar-refractivity contribution in [1.29, 1.82) is 0 Å². The molecule has 1 atom stereocenters. The SMILES string of the molecule is COc1ccc(C(O)CNC(=O)c2cc(Cl)ccn2)cc1. The van der Waals surface area contributed by atoms with Crippen LogP contribution in [0.3, 0.4) is 0 Å². The van der Waals surface area contributed by atoms with Crippen LogP contribution in [0.4, 0.5) is 0 Å². The van der Waals surface area contributed by atoms with E-state index in [1.807, 2.05) is 0 Å². The van der Waals surface area contributed by atoms with E-state index in [0.717, 1.165) is 0 Å². The van der Waals surface area contributed by atoms with Gasteiger partial charge in [0.15, 0.2) is 0 Å². The summed E-state index contributed by atoms with van der Waals surface area (Å²) in [6.07, 6.45) is 0.649. The molecule has 6 heteroatoms. The molecule has 1 aromatic heterocycles. The minimum absolute atomic E-state index is 0.0827. The molecule has 5 nitrogen and oxygen atoms in total. The van der Waals surface area contributed by atoms with Gasteiger partial charge in [-0.3, -0.25) is 9.78 Å². The van der Waals surface area contributed by atoms with Gasteiger partial charge >= 0.3 is 0 Å². The van der Waals surface area contributed by atoms with Gasteiger partial charge in [0.2, 0.25) is 0 Å². The van der Waals surface area contributed by atoms with E-state index in [-0.39, 0.29) is 18.1 Å². The summed E-state index contributed by atoms with van der Waals surface area (Å²) in [7, 11) is 1.57. The number of aromatic nitrogens is 1. The Morgan fingerprint density at radius 2 is 2.10 bits per heavy atom. The first-order chi connectivity index (χ1) is 10.1. The van der Waals surface area contributed by atoms with Crippen molar-refractivity contribution in [2.45, 2.75) is 6.10 Å². The monoisotopic (exact) mass is 306 g/mol. The standard InChI is InChI=1S/C15H15ClN2O3/c1-21-12-4-2-10(3-5-12)14(19)9-18-15(20)13-8-11(16)6-7-17-13/h2-8,14,19H,9H2,1H3,(H,18,20). The maximum absolute atomic E-state index is 11.9. The number of rotatable bonds is 5. The molecule has 0 bridgehead atoms. The first-order valence-corrected chi connectivity index (χ1v) is 6.69. The van der Waals surface area contributed by atoms with E-state index in [2.05, 4.69) is 10.3 Å². The summed E-state index contributed by atoms with van der Waals surface area (Å²) in [6.45, 7) is 0.0827. The van der Waals surface area contributed by atoms with E-state index in [1.54, 1.807) is 37.4 Å². The van der Waals surface area contributed by atoms with E-state index in [4.69, 9.17) is 16.3 Å². The van der Waals surface area contributed by atoms with E-state index < -0.39 is 6.10 Å². The number of hydrogen-bond donors (Lipinski definition) is 2. The lowest BCUT2D eigenvalue weighted by molar-refractivity contribution is 0.0911. The quantitative estimate of drug-likeness (QED) is 0.888. The average Bonchev–Trinajstić information content (AvgIpc) is 2.52. The third-order valence-corrected chi connectivity index (χ3v) is 3.15. The van der Waals surface area contributed by atoms with E-state index in [9.17, 15) is 9.90 Å². The Morgan fingerprint density at radius 1 is 1.38 bits per heavy atom. The number of hydrogen-bond acceptors (Lipinski definition) is 4. The molecule has 0 spiro atoms. The number of pyridine rings is 1. The zero-order chi connectivity index (χ0) is 15.2. The maximum Gasteiger partial charge on any atom is 0.270 e. The van der Waals surface area contributed by atoms with E-state index in [1.165, 1.54) is 12.3 Å². The first kappa shape index (κ1) is 15.3. The molecule has 0 aliphatic rings. The Hall–Kier alpha value is -2.11. The molecule has 110 valence electrons. The Kier molecular flexibility index (Phi) is 5.14. The maximum atomic E-state index is 11.9. The first-order valence-electron chi connectivity index (χ1n) is 6.32. The van der Waals surface area contributed by atoms with Gasteiger partial charge in [-0.15, -0.1) is 0 Å². The van der Waals surface area contributed by atoms with Crippen LogP contribution in [0.25, 0.3) is 0 Å². The number of methoxy groups -OCH3 is 1. The number of aliphatic hydroxyl groups is 1. The highest BCUT2D eigenvalue weighted by atomic mass is 35.5. The molecule has 2 N–H and O–H groups in total. The summed E-state index contributed by atoms with van der Waals surface area (Å²) in [5.74, 6) is 0.322. The highest BCUT2D eigenvalue weighted by Crippen LogP contribution is 2.17. The topological polar surface area (TPSA) is 71.5 Å². The van der Waals surface area contributed by atoms with Crippen LogP contribution >= 0.6 is 11.6 Å². The predicted molar refractivity (Wildman–Crippen MR) is 79.5 cm³/mol. The number of ether oxygens (including phenoxy) is 1. The van der Waals surface area contributed by atoms with Gasteiger partial charge in [-0.1, -0.05) is 23.7 Å². The van der Waals surface area contributed by atoms with Crippen molar-refractivity contribution < 1.29 is 14.6 Å². The number of carbonyl (C=O) groups excluding carboxylic acids is 1. The van der Waals surface area contributed by atoms with Crippen LogP contribution in [0.1, 0.15) is 22.2 Å². The van der Waals surface area contributed by atoms with Crippen LogP contribution in [0.15, 0.2) is 42.6 Å². The minimum Gasteiger partial charge on any atom is -0.497 e. The number of aliphatic hydroxyl groups excluding tert-OH is 1. The second-order valence-electron chi connectivity index (χ2n) is 4.36. The number of nitrogens with zero attached hydrogens (tertiary/aromatic N) is 1. The van der Waals surface area contributed by atoms with E-state index in [0.29, 0.717) is 16.3 Å². The summed E-state index contributed by atoms with van der Waals surface area (Å²) in [6, 6.07) is 10.0. The molecular formula is C15H15ClN2O3. The van der Waals surface area contributed by atoms with Crippen molar-refractivity contribution in [1.82, 2.24) is 10.3 Å². The average molecular weight is 307 g/mol. The molecule has 21 heavy (non-hydrogen) atoms. The molecule has 0 saturated carbocycles. The fourth-order valence-corrected chi connectivity index (χ4v) is 1.91. The Balaban J connectivity index is 1.93. The molecule has 1 aromatic carbocycles. The number of nitrogens with one attached hydrogen (secondary N) is 1. The van der Waals surface area contributed by atoms with Gasteiger partial charge in [0, 0.05) is 17.8 Å². The molecular weight excluding hydrogens is 292 g/mol. The lowest BCUT2D eigenvalue weighted by Crippen LogP contribution is -2.29. The molecule has 2 aromatic rings. The molecule has 0 radical (unpaired) electrons. The molecule has 1 heterocycles. The minimum atomic E-state index is -0.806. The molecule has 0 aliphatic heterocycles. The third-order valence-electron chi connectivity index (χ3n) is 2.91. The van der Waals surface area contributed by atoms with Crippen LogP contribution in [-0.4, -0.2) is 29.7 Å². The summed E-state index contributed by atoms with van der Waals surface area (Å²) < 4.78 is 5.04.